The van der Waals surface area contributed by atoms with Crippen LogP contribution in [0.3, 0.4) is 0 Å². The number of aromatic nitrogens is 3. The monoisotopic (exact) mass is 570 g/mol. The number of hydrogen-bond acceptors (Lipinski definition) is 9. The van der Waals surface area contributed by atoms with E-state index in [0.29, 0.717) is 60.1 Å². The number of nitrogens with one attached hydrogen (secondary N) is 2. The van der Waals surface area contributed by atoms with E-state index >= 15 is 0 Å². The number of rotatable bonds is 7. The number of aliphatic hydroxyl groups excluding tert-OH is 1. The van der Waals surface area contributed by atoms with Crippen LogP contribution in [0.15, 0.2) is 35.4 Å². The van der Waals surface area contributed by atoms with Gasteiger partial charge in [0.05, 0.1) is 46.8 Å². The molecule has 37 heavy (non-hydrogen) atoms. The summed E-state index contributed by atoms with van der Waals surface area (Å²) in [5.74, 6) is 0.998. The van der Waals surface area contributed by atoms with Gasteiger partial charge in [0.1, 0.15) is 11.6 Å². The minimum Gasteiger partial charge on any atom is -0.481 e. The molecule has 1 amide bonds. The number of aliphatic hydroxyl groups is 1. The maximum Gasteiger partial charge on any atom is 0.235 e. The number of amides is 1. The number of methoxy groups -OCH3 is 1. The number of fused-ring (bicyclic) bond motifs is 2. The van der Waals surface area contributed by atoms with Crippen molar-refractivity contribution in [2.24, 2.45) is 0 Å². The SMILES string of the molecule is COc1ccc2ncc(F)c(CCN3CC[C@@H](NCc4ccc5c(n4)NC(=O)CS5)[C@H](O)C3)c2n1.Cl.Cl. The number of thioether (sulfide) groups is 1. The fraction of sp³-hybridized carbons (Fsp3) is 0.417. The third kappa shape index (κ3) is 6.78. The number of hydrogen-bond donors (Lipinski definition) is 3. The molecule has 3 N–H and O–H groups in total. The number of halogens is 3. The van der Waals surface area contributed by atoms with E-state index in [1.807, 2.05) is 12.1 Å². The van der Waals surface area contributed by atoms with Gasteiger partial charge in [0.15, 0.2) is 0 Å². The number of nitrogens with zero attached hydrogens (tertiary/aromatic N) is 4. The summed E-state index contributed by atoms with van der Waals surface area (Å²) in [7, 11) is 1.53. The average Bonchev–Trinajstić information content (AvgIpc) is 2.87. The largest absolute Gasteiger partial charge is 0.481 e. The van der Waals surface area contributed by atoms with Crippen molar-refractivity contribution in [2.45, 2.75) is 36.4 Å². The van der Waals surface area contributed by atoms with Gasteiger partial charge >= 0.3 is 0 Å². The lowest BCUT2D eigenvalue weighted by atomic mass is 10.0. The van der Waals surface area contributed by atoms with E-state index in [-0.39, 0.29) is 42.6 Å². The lowest BCUT2D eigenvalue weighted by molar-refractivity contribution is -0.113. The second kappa shape index (κ2) is 13.0. The standard InChI is InChI=1S/C24H27FN6O3S.2ClH/c1-34-22-5-3-18-23(30-22)15(16(25)11-27-18)6-8-31-9-7-17(19(32)12-31)26-10-14-2-4-20-24(28-14)29-21(33)13-35-20;;/h2-5,11,17,19,26,32H,6-10,12-13H2,1H3,(H,28,29,33);2*1H/t17-,19-;;/m1../s1. The molecule has 0 unspecified atom stereocenters. The number of likely N-dealkylation sites (tertiary alicyclic amines) is 1. The van der Waals surface area contributed by atoms with Crippen molar-refractivity contribution in [3.8, 4) is 5.88 Å². The molecule has 200 valence electrons. The Bertz CT molecular complexity index is 1260. The molecule has 1 saturated heterocycles. The summed E-state index contributed by atoms with van der Waals surface area (Å²) in [6.45, 7) is 2.36. The van der Waals surface area contributed by atoms with Crippen molar-refractivity contribution >= 4 is 59.3 Å². The molecular weight excluding hydrogens is 542 g/mol. The van der Waals surface area contributed by atoms with Gasteiger partial charge in [-0.25, -0.2) is 14.4 Å². The lowest BCUT2D eigenvalue weighted by Gasteiger charge is -2.36. The van der Waals surface area contributed by atoms with Crippen LogP contribution in [0, 0.1) is 5.82 Å². The van der Waals surface area contributed by atoms with Crippen LogP contribution in [0.1, 0.15) is 17.7 Å². The number of piperidine rings is 1. The van der Waals surface area contributed by atoms with E-state index in [4.69, 9.17) is 4.74 Å². The van der Waals surface area contributed by atoms with E-state index in [2.05, 4.69) is 30.5 Å². The predicted molar refractivity (Wildman–Crippen MR) is 146 cm³/mol. The summed E-state index contributed by atoms with van der Waals surface area (Å²) in [4.78, 5) is 27.8. The molecule has 5 rings (SSSR count). The van der Waals surface area contributed by atoms with Gasteiger partial charge in [0, 0.05) is 37.3 Å². The van der Waals surface area contributed by atoms with Crippen LogP contribution in [-0.2, 0) is 17.8 Å². The Morgan fingerprint density at radius 3 is 2.89 bits per heavy atom. The third-order valence-corrected chi connectivity index (χ3v) is 7.42. The Morgan fingerprint density at radius 1 is 1.27 bits per heavy atom. The lowest BCUT2D eigenvalue weighted by Crippen LogP contribution is -2.52. The maximum absolute atomic E-state index is 14.6. The number of ether oxygens (including phenoxy) is 1. The van der Waals surface area contributed by atoms with Gasteiger partial charge in [0.25, 0.3) is 0 Å². The molecule has 2 aliphatic rings. The normalized spacial score (nSPS) is 19.4. The van der Waals surface area contributed by atoms with Crippen LogP contribution in [0.25, 0.3) is 11.0 Å². The fourth-order valence-corrected chi connectivity index (χ4v) is 5.23. The van der Waals surface area contributed by atoms with Crippen molar-refractivity contribution < 1.29 is 19.0 Å². The van der Waals surface area contributed by atoms with E-state index in [1.165, 1.54) is 25.1 Å². The summed E-state index contributed by atoms with van der Waals surface area (Å²) in [5.41, 5.74) is 2.45. The number of carbonyl (C=O) groups excluding carboxylic acids is 1. The number of pyridine rings is 3. The summed E-state index contributed by atoms with van der Waals surface area (Å²) in [5, 5.41) is 16.9. The fourth-order valence-electron chi connectivity index (χ4n) is 4.48. The molecule has 2 aliphatic heterocycles. The Hall–Kier alpha value is -2.28. The highest BCUT2D eigenvalue weighted by molar-refractivity contribution is 8.00. The molecule has 0 saturated carbocycles. The Morgan fingerprint density at radius 2 is 2.11 bits per heavy atom. The van der Waals surface area contributed by atoms with E-state index in [1.54, 1.807) is 12.1 Å². The molecule has 2 atom stereocenters. The molecule has 0 radical (unpaired) electrons. The van der Waals surface area contributed by atoms with Crippen molar-refractivity contribution in [3.05, 3.63) is 47.5 Å². The second-order valence-electron chi connectivity index (χ2n) is 8.69. The first-order valence-electron chi connectivity index (χ1n) is 11.5. The first kappa shape index (κ1) is 29.3. The maximum atomic E-state index is 14.6. The smallest absolute Gasteiger partial charge is 0.235 e. The Kier molecular flexibility index (Phi) is 10.3. The number of carbonyl (C=O) groups is 1. The highest BCUT2D eigenvalue weighted by Crippen LogP contribution is 2.29. The Balaban J connectivity index is 0.00000190. The highest BCUT2D eigenvalue weighted by atomic mass is 35.5. The van der Waals surface area contributed by atoms with Crippen LogP contribution < -0.4 is 15.4 Å². The molecule has 0 spiro atoms. The van der Waals surface area contributed by atoms with Crippen LogP contribution in [0.4, 0.5) is 10.2 Å². The molecule has 0 aliphatic carbocycles. The van der Waals surface area contributed by atoms with Gasteiger partial charge in [-0.1, -0.05) is 0 Å². The topological polar surface area (TPSA) is 112 Å². The van der Waals surface area contributed by atoms with Crippen LogP contribution >= 0.6 is 36.6 Å². The molecule has 1 fully saturated rings. The second-order valence-corrected chi connectivity index (χ2v) is 9.70. The number of anilines is 1. The van der Waals surface area contributed by atoms with Gasteiger partial charge in [-0.15, -0.1) is 36.6 Å². The summed E-state index contributed by atoms with van der Waals surface area (Å²) in [6, 6.07) is 7.32. The van der Waals surface area contributed by atoms with E-state index in [0.717, 1.165) is 23.6 Å². The molecule has 0 aromatic carbocycles. The zero-order valence-corrected chi connectivity index (χ0v) is 22.6. The summed E-state index contributed by atoms with van der Waals surface area (Å²) in [6.07, 6.45) is 1.88. The van der Waals surface area contributed by atoms with Gasteiger partial charge in [-0.2, -0.15) is 0 Å². The highest BCUT2D eigenvalue weighted by Gasteiger charge is 2.28. The van der Waals surface area contributed by atoms with Crippen molar-refractivity contribution in [1.82, 2.24) is 25.2 Å². The van der Waals surface area contributed by atoms with Crippen molar-refractivity contribution in [3.63, 3.8) is 0 Å². The molecule has 0 bridgehead atoms. The minimum absolute atomic E-state index is 0. The van der Waals surface area contributed by atoms with Crippen LogP contribution in [0.5, 0.6) is 5.88 Å². The molecule has 3 aromatic rings. The minimum atomic E-state index is -0.561. The average molecular weight is 572 g/mol. The molecule has 13 heteroatoms. The molecule has 3 aromatic heterocycles. The van der Waals surface area contributed by atoms with Crippen molar-refractivity contribution in [2.75, 3.05) is 37.8 Å². The van der Waals surface area contributed by atoms with Crippen LogP contribution in [-0.4, -0.2) is 75.5 Å². The quantitative estimate of drug-likeness (QED) is 0.394. The van der Waals surface area contributed by atoms with E-state index in [9.17, 15) is 14.3 Å². The Labute approximate surface area is 230 Å². The zero-order valence-electron chi connectivity index (χ0n) is 20.1. The predicted octanol–water partition coefficient (Wildman–Crippen LogP) is 2.83. The summed E-state index contributed by atoms with van der Waals surface area (Å²) >= 11 is 1.48. The number of β-amino-alcohol motifs (C(OH)–C–C–N with tert-alkyl or cyclic N) is 1. The van der Waals surface area contributed by atoms with Gasteiger partial charge in [0.2, 0.25) is 11.8 Å². The first-order valence-corrected chi connectivity index (χ1v) is 12.5. The zero-order chi connectivity index (χ0) is 24.4. The van der Waals surface area contributed by atoms with Gasteiger partial charge < -0.3 is 25.4 Å². The summed E-state index contributed by atoms with van der Waals surface area (Å²) < 4.78 is 19.8. The van der Waals surface area contributed by atoms with Gasteiger partial charge in [-0.3, -0.25) is 9.78 Å². The van der Waals surface area contributed by atoms with Gasteiger partial charge in [-0.05, 0) is 37.6 Å². The van der Waals surface area contributed by atoms with E-state index < -0.39 is 6.10 Å². The molecule has 5 heterocycles. The first-order chi connectivity index (χ1) is 17.0. The van der Waals surface area contributed by atoms with Crippen LogP contribution in [0.2, 0.25) is 0 Å². The molecular formula is C24H29Cl2FN6O3S. The van der Waals surface area contributed by atoms with Crippen molar-refractivity contribution in [1.29, 1.82) is 0 Å². The molecule has 9 nitrogen and oxygen atoms in total. The third-order valence-electron chi connectivity index (χ3n) is 6.37.